The molecule has 1 saturated carbocycles. The summed E-state index contributed by atoms with van der Waals surface area (Å²) in [7, 11) is 3.13. The van der Waals surface area contributed by atoms with E-state index in [0.29, 0.717) is 40.7 Å². The van der Waals surface area contributed by atoms with Crippen LogP contribution in [0.4, 0.5) is 11.8 Å². The van der Waals surface area contributed by atoms with Crippen LogP contribution in [-0.2, 0) is 4.79 Å². The van der Waals surface area contributed by atoms with Gasteiger partial charge in [0, 0.05) is 23.5 Å². The first-order chi connectivity index (χ1) is 12.9. The number of carbonyl (C=O) groups is 1. The minimum Gasteiger partial charge on any atom is -0.493 e. The molecule has 1 fully saturated rings. The second-order valence-electron chi connectivity index (χ2n) is 6.58. The van der Waals surface area contributed by atoms with E-state index in [1.54, 1.807) is 26.4 Å². The van der Waals surface area contributed by atoms with Gasteiger partial charge in [0.2, 0.25) is 5.95 Å². The van der Waals surface area contributed by atoms with Crippen LogP contribution in [0.3, 0.4) is 0 Å². The van der Waals surface area contributed by atoms with E-state index in [2.05, 4.69) is 15.3 Å². The second kappa shape index (κ2) is 7.83. The van der Waals surface area contributed by atoms with Crippen LogP contribution in [0.25, 0.3) is 10.9 Å². The largest absolute Gasteiger partial charge is 0.493 e. The van der Waals surface area contributed by atoms with Crippen molar-refractivity contribution in [2.75, 3.05) is 38.4 Å². The Morgan fingerprint density at radius 2 is 1.96 bits per heavy atom. The minimum absolute atomic E-state index is 0.0644. The smallest absolute Gasteiger partial charge is 0.317 e. The maximum absolute atomic E-state index is 10.9. The fourth-order valence-electron chi connectivity index (χ4n) is 3.40. The van der Waals surface area contributed by atoms with Crippen LogP contribution in [0.5, 0.6) is 11.5 Å². The molecule has 27 heavy (non-hydrogen) atoms. The lowest BCUT2D eigenvalue weighted by atomic mass is 9.85. The number of nitrogen functional groups attached to an aromatic ring is 1. The predicted molar refractivity (Wildman–Crippen MR) is 102 cm³/mol. The van der Waals surface area contributed by atoms with Crippen LogP contribution < -0.4 is 20.5 Å². The molecule has 0 aliphatic heterocycles. The highest BCUT2D eigenvalue weighted by Gasteiger charge is 2.34. The fraction of sp³-hybridized carbons (Fsp3) is 0.500. The Morgan fingerprint density at radius 1 is 1.30 bits per heavy atom. The van der Waals surface area contributed by atoms with Gasteiger partial charge in [0.1, 0.15) is 5.82 Å². The van der Waals surface area contributed by atoms with Gasteiger partial charge in [-0.05, 0) is 25.5 Å². The first-order valence-corrected chi connectivity index (χ1v) is 8.86. The Bertz CT molecular complexity index is 838. The van der Waals surface area contributed by atoms with Crippen LogP contribution in [0.2, 0.25) is 0 Å². The quantitative estimate of drug-likeness (QED) is 0.631. The number of nitrogens with zero attached hydrogens (tertiary/aromatic N) is 3. The minimum atomic E-state index is -0.803. The average Bonchev–Trinajstić information content (AvgIpc) is 2.61. The van der Waals surface area contributed by atoms with Gasteiger partial charge in [0.25, 0.3) is 0 Å². The molecule has 0 saturated heterocycles. The molecule has 1 aliphatic rings. The van der Waals surface area contributed by atoms with E-state index in [-0.39, 0.29) is 18.6 Å². The SMILES string of the molecule is CCN(CC(=O)O)C1CC(Nc2nc(N)c3cc(OC)c(OC)cc3n2)C1. The molecular formula is C18H25N5O4. The molecule has 0 unspecified atom stereocenters. The highest BCUT2D eigenvalue weighted by molar-refractivity contribution is 5.91. The third-order valence-electron chi connectivity index (χ3n) is 4.94. The number of hydrogen-bond donors (Lipinski definition) is 3. The number of fused-ring (bicyclic) bond motifs is 1. The van der Waals surface area contributed by atoms with Crippen LogP contribution >= 0.6 is 0 Å². The van der Waals surface area contributed by atoms with Crippen molar-refractivity contribution < 1.29 is 19.4 Å². The van der Waals surface area contributed by atoms with Crippen molar-refractivity contribution in [2.45, 2.75) is 31.8 Å². The molecule has 4 N–H and O–H groups in total. The summed E-state index contributed by atoms with van der Waals surface area (Å²) < 4.78 is 10.6. The number of nitrogens with two attached hydrogens (primary N) is 1. The summed E-state index contributed by atoms with van der Waals surface area (Å²) in [5, 5.41) is 13.0. The zero-order valence-corrected chi connectivity index (χ0v) is 15.7. The molecule has 0 atom stereocenters. The number of carboxylic acids is 1. The lowest BCUT2D eigenvalue weighted by molar-refractivity contribution is -0.139. The number of likely N-dealkylation sites (N-methyl/N-ethyl adjacent to an activating group) is 1. The van der Waals surface area contributed by atoms with E-state index < -0.39 is 5.97 Å². The molecule has 1 aliphatic carbocycles. The number of ether oxygens (including phenoxy) is 2. The molecule has 146 valence electrons. The van der Waals surface area contributed by atoms with Crippen LogP contribution in [0.1, 0.15) is 19.8 Å². The Morgan fingerprint density at radius 3 is 2.56 bits per heavy atom. The van der Waals surface area contributed by atoms with Gasteiger partial charge in [-0.2, -0.15) is 4.98 Å². The zero-order chi connectivity index (χ0) is 19.6. The average molecular weight is 375 g/mol. The van der Waals surface area contributed by atoms with E-state index in [1.165, 1.54) is 0 Å². The summed E-state index contributed by atoms with van der Waals surface area (Å²) in [6.45, 7) is 2.75. The standard InChI is InChI=1S/C18H25N5O4/c1-4-23(9-16(24)25)11-5-10(6-11)20-18-21-13-8-15(27-3)14(26-2)7-12(13)17(19)22-18/h7-8,10-11H,4-6,9H2,1-3H3,(H,24,25)(H3,19,20,21,22). The zero-order valence-electron chi connectivity index (χ0n) is 15.7. The van der Waals surface area contributed by atoms with Gasteiger partial charge in [0.15, 0.2) is 11.5 Å². The number of benzene rings is 1. The lowest BCUT2D eigenvalue weighted by Crippen LogP contribution is -2.51. The normalized spacial score (nSPS) is 19.0. The molecular weight excluding hydrogens is 350 g/mol. The van der Waals surface area contributed by atoms with Crippen molar-refractivity contribution in [3.8, 4) is 11.5 Å². The fourth-order valence-corrected chi connectivity index (χ4v) is 3.40. The number of carboxylic acid groups (broad SMARTS) is 1. The maximum Gasteiger partial charge on any atom is 0.317 e. The summed E-state index contributed by atoms with van der Waals surface area (Å²) in [4.78, 5) is 21.8. The number of methoxy groups -OCH3 is 2. The highest BCUT2D eigenvalue weighted by atomic mass is 16.5. The van der Waals surface area contributed by atoms with Crippen LogP contribution in [0, 0.1) is 0 Å². The molecule has 9 heteroatoms. The number of hydrogen-bond acceptors (Lipinski definition) is 8. The Labute approximate surface area is 157 Å². The third-order valence-corrected chi connectivity index (χ3v) is 4.94. The maximum atomic E-state index is 10.9. The Hall–Kier alpha value is -2.81. The highest BCUT2D eigenvalue weighted by Crippen LogP contribution is 2.34. The van der Waals surface area contributed by atoms with Gasteiger partial charge in [0.05, 0.1) is 26.3 Å². The monoisotopic (exact) mass is 375 g/mol. The van der Waals surface area contributed by atoms with Crippen LogP contribution in [-0.4, -0.2) is 65.3 Å². The van der Waals surface area contributed by atoms with Crippen LogP contribution in [0.15, 0.2) is 12.1 Å². The van der Waals surface area contributed by atoms with Crippen molar-refractivity contribution in [1.82, 2.24) is 14.9 Å². The predicted octanol–water partition coefficient (Wildman–Crippen LogP) is 1.58. The molecule has 1 aromatic heterocycles. The number of aromatic nitrogens is 2. The lowest BCUT2D eigenvalue weighted by Gasteiger charge is -2.42. The Kier molecular flexibility index (Phi) is 5.50. The topological polar surface area (TPSA) is 123 Å². The van der Waals surface area contributed by atoms with E-state index in [0.717, 1.165) is 12.8 Å². The number of aliphatic carboxylic acids is 1. The molecule has 0 amide bonds. The van der Waals surface area contributed by atoms with Crippen molar-refractivity contribution in [1.29, 1.82) is 0 Å². The van der Waals surface area contributed by atoms with Gasteiger partial charge in [-0.3, -0.25) is 9.69 Å². The second-order valence-corrected chi connectivity index (χ2v) is 6.58. The molecule has 0 spiro atoms. The van der Waals surface area contributed by atoms with Crippen molar-refractivity contribution in [2.24, 2.45) is 0 Å². The van der Waals surface area contributed by atoms with Gasteiger partial charge in [-0.25, -0.2) is 4.98 Å². The van der Waals surface area contributed by atoms with E-state index in [4.69, 9.17) is 20.3 Å². The number of rotatable bonds is 8. The van der Waals surface area contributed by atoms with Gasteiger partial charge >= 0.3 is 5.97 Å². The first kappa shape index (κ1) is 19.0. The molecule has 9 nitrogen and oxygen atoms in total. The van der Waals surface area contributed by atoms with Gasteiger partial charge in [-0.15, -0.1) is 0 Å². The summed E-state index contributed by atoms with van der Waals surface area (Å²) in [5.41, 5.74) is 6.76. The van der Waals surface area contributed by atoms with Gasteiger partial charge in [-0.1, -0.05) is 6.92 Å². The van der Waals surface area contributed by atoms with E-state index >= 15 is 0 Å². The number of anilines is 2. The van der Waals surface area contributed by atoms with Gasteiger partial charge < -0.3 is 25.6 Å². The summed E-state index contributed by atoms with van der Waals surface area (Å²) in [6, 6.07) is 3.98. The summed E-state index contributed by atoms with van der Waals surface area (Å²) in [5.74, 6) is 1.16. The van der Waals surface area contributed by atoms with Crippen molar-refractivity contribution in [3.05, 3.63) is 12.1 Å². The molecule has 2 aromatic rings. The summed E-state index contributed by atoms with van der Waals surface area (Å²) in [6.07, 6.45) is 1.68. The first-order valence-electron chi connectivity index (χ1n) is 8.86. The Balaban J connectivity index is 1.72. The molecule has 1 aromatic carbocycles. The number of nitrogens with one attached hydrogen (secondary N) is 1. The molecule has 0 bridgehead atoms. The molecule has 1 heterocycles. The molecule has 3 rings (SSSR count). The molecule has 0 radical (unpaired) electrons. The van der Waals surface area contributed by atoms with E-state index in [1.807, 2.05) is 11.8 Å². The van der Waals surface area contributed by atoms with Crippen molar-refractivity contribution in [3.63, 3.8) is 0 Å². The summed E-state index contributed by atoms with van der Waals surface area (Å²) >= 11 is 0. The van der Waals surface area contributed by atoms with Crippen molar-refractivity contribution >= 4 is 28.6 Å². The third kappa shape index (κ3) is 3.97. The van der Waals surface area contributed by atoms with E-state index in [9.17, 15) is 4.79 Å².